The molecule has 0 bridgehead atoms. The third-order valence-electron chi connectivity index (χ3n) is 2.88. The third-order valence-corrected chi connectivity index (χ3v) is 3.95. The van der Waals surface area contributed by atoms with Crippen molar-refractivity contribution in [1.29, 1.82) is 0 Å². The van der Waals surface area contributed by atoms with Gasteiger partial charge in [0.1, 0.15) is 0 Å². The van der Waals surface area contributed by atoms with Crippen LogP contribution in [0.3, 0.4) is 0 Å². The monoisotopic (exact) mass is 327 g/mol. The molecule has 1 heterocycles. The summed E-state index contributed by atoms with van der Waals surface area (Å²) in [6.07, 6.45) is 2.38. The van der Waals surface area contributed by atoms with Gasteiger partial charge in [0.05, 0.1) is 23.0 Å². The summed E-state index contributed by atoms with van der Waals surface area (Å²) in [6.45, 7) is 2.80. The van der Waals surface area contributed by atoms with Gasteiger partial charge in [-0.1, -0.05) is 45.7 Å². The maximum Gasteiger partial charge on any atom is 0.0834 e. The Balaban J connectivity index is 2.24. The molecule has 0 fully saturated rings. The fourth-order valence-electron chi connectivity index (χ4n) is 1.99. The molecule has 2 N–H and O–H groups in total. The first-order chi connectivity index (χ1) is 8.63. The quantitative estimate of drug-likeness (QED) is 0.932. The number of aryl methyl sites for hydroxylation is 1. The highest BCUT2D eigenvalue weighted by Crippen LogP contribution is 2.26. The summed E-state index contributed by atoms with van der Waals surface area (Å²) in [5.74, 6) is 0. The lowest BCUT2D eigenvalue weighted by atomic mass is 10.0. The van der Waals surface area contributed by atoms with Crippen LogP contribution in [0.2, 0.25) is 5.02 Å². The van der Waals surface area contributed by atoms with E-state index in [0.717, 1.165) is 23.1 Å². The number of nitrogens with two attached hydrogens (primary N) is 1. The van der Waals surface area contributed by atoms with Crippen LogP contribution in [0.4, 0.5) is 0 Å². The number of aromatic nitrogens is 2. The molecule has 0 spiro atoms. The maximum atomic E-state index is 6.25. The Kier molecular flexibility index (Phi) is 4.43. The lowest BCUT2D eigenvalue weighted by molar-refractivity contribution is 0.568. The minimum Gasteiger partial charge on any atom is -0.322 e. The Morgan fingerprint density at radius 2 is 2.17 bits per heavy atom. The van der Waals surface area contributed by atoms with Crippen molar-refractivity contribution in [3.63, 3.8) is 0 Å². The molecule has 1 aromatic heterocycles. The van der Waals surface area contributed by atoms with E-state index in [1.54, 1.807) is 6.20 Å². The molecule has 1 aromatic carbocycles. The molecule has 0 aliphatic carbocycles. The van der Waals surface area contributed by atoms with Gasteiger partial charge in [0, 0.05) is 11.0 Å². The molecule has 3 nitrogen and oxygen atoms in total. The van der Waals surface area contributed by atoms with Gasteiger partial charge in [-0.25, -0.2) is 0 Å². The molecule has 1 unspecified atom stereocenters. The van der Waals surface area contributed by atoms with Crippen molar-refractivity contribution in [3.8, 4) is 0 Å². The zero-order valence-corrected chi connectivity index (χ0v) is 12.4. The molecule has 1 atom stereocenters. The van der Waals surface area contributed by atoms with E-state index < -0.39 is 0 Å². The van der Waals surface area contributed by atoms with Crippen molar-refractivity contribution in [2.45, 2.75) is 25.9 Å². The predicted molar refractivity (Wildman–Crippen MR) is 77.7 cm³/mol. The van der Waals surface area contributed by atoms with Crippen LogP contribution in [0.25, 0.3) is 0 Å². The van der Waals surface area contributed by atoms with Crippen LogP contribution < -0.4 is 5.73 Å². The van der Waals surface area contributed by atoms with E-state index in [4.69, 9.17) is 17.3 Å². The van der Waals surface area contributed by atoms with E-state index in [0.29, 0.717) is 5.02 Å². The van der Waals surface area contributed by atoms with Crippen molar-refractivity contribution in [2.75, 3.05) is 0 Å². The number of halogens is 2. The smallest absolute Gasteiger partial charge is 0.0834 e. The van der Waals surface area contributed by atoms with Crippen LogP contribution in [0.15, 0.2) is 34.9 Å². The van der Waals surface area contributed by atoms with E-state index in [-0.39, 0.29) is 6.04 Å². The van der Waals surface area contributed by atoms with Gasteiger partial charge in [0.25, 0.3) is 0 Å². The second kappa shape index (κ2) is 5.87. The van der Waals surface area contributed by atoms with E-state index in [2.05, 4.69) is 27.1 Å². The maximum absolute atomic E-state index is 6.25. The van der Waals surface area contributed by atoms with Crippen LogP contribution in [-0.2, 0) is 13.0 Å². The molecule has 0 radical (unpaired) electrons. The Bertz CT molecular complexity index is 539. The number of benzene rings is 1. The summed E-state index contributed by atoms with van der Waals surface area (Å²) >= 11 is 9.68. The third kappa shape index (κ3) is 2.76. The Labute approximate surface area is 120 Å². The van der Waals surface area contributed by atoms with Crippen molar-refractivity contribution in [1.82, 2.24) is 9.78 Å². The van der Waals surface area contributed by atoms with Crippen molar-refractivity contribution in [3.05, 3.63) is 51.2 Å². The van der Waals surface area contributed by atoms with Crippen molar-refractivity contribution in [2.24, 2.45) is 5.73 Å². The average Bonchev–Trinajstić information content (AvgIpc) is 2.73. The van der Waals surface area contributed by atoms with Gasteiger partial charge in [0.2, 0.25) is 0 Å². The fourth-order valence-corrected chi connectivity index (χ4v) is 2.72. The van der Waals surface area contributed by atoms with Crippen LogP contribution in [-0.4, -0.2) is 9.78 Å². The summed E-state index contributed by atoms with van der Waals surface area (Å²) in [7, 11) is 0. The SMILES string of the molecule is CCn1ncc(Cl)c1C(N)Cc1ccccc1Br. The number of rotatable bonds is 4. The zero-order valence-electron chi connectivity index (χ0n) is 10.1. The first-order valence-electron chi connectivity index (χ1n) is 5.83. The summed E-state index contributed by atoms with van der Waals surface area (Å²) in [6, 6.07) is 7.91. The molecule has 2 rings (SSSR count). The molecular weight excluding hydrogens is 314 g/mol. The molecule has 0 amide bonds. The highest BCUT2D eigenvalue weighted by Gasteiger charge is 2.17. The summed E-state index contributed by atoms with van der Waals surface area (Å²) in [5, 5.41) is 4.85. The minimum atomic E-state index is -0.154. The fraction of sp³-hybridized carbons (Fsp3) is 0.308. The average molecular weight is 329 g/mol. The molecule has 2 aromatic rings. The van der Waals surface area contributed by atoms with Crippen LogP contribution in [0, 0.1) is 0 Å². The van der Waals surface area contributed by atoms with Gasteiger partial charge >= 0.3 is 0 Å². The Morgan fingerprint density at radius 3 is 2.83 bits per heavy atom. The first kappa shape index (κ1) is 13.6. The zero-order chi connectivity index (χ0) is 13.1. The molecule has 18 heavy (non-hydrogen) atoms. The lowest BCUT2D eigenvalue weighted by Gasteiger charge is -2.15. The van der Waals surface area contributed by atoms with Crippen LogP contribution in [0.5, 0.6) is 0 Å². The summed E-state index contributed by atoms with van der Waals surface area (Å²) in [5.41, 5.74) is 8.32. The topological polar surface area (TPSA) is 43.8 Å². The van der Waals surface area contributed by atoms with E-state index >= 15 is 0 Å². The van der Waals surface area contributed by atoms with E-state index in [9.17, 15) is 0 Å². The van der Waals surface area contributed by atoms with Crippen LogP contribution in [0.1, 0.15) is 24.2 Å². The first-order valence-corrected chi connectivity index (χ1v) is 7.00. The summed E-state index contributed by atoms with van der Waals surface area (Å²) in [4.78, 5) is 0. The molecule has 0 saturated carbocycles. The van der Waals surface area contributed by atoms with Crippen LogP contribution >= 0.6 is 27.5 Å². The minimum absolute atomic E-state index is 0.154. The molecular formula is C13H15BrClN3. The second-order valence-electron chi connectivity index (χ2n) is 4.10. The van der Waals surface area contributed by atoms with E-state index in [1.165, 1.54) is 5.56 Å². The van der Waals surface area contributed by atoms with Gasteiger partial charge in [0.15, 0.2) is 0 Å². The van der Waals surface area contributed by atoms with Gasteiger partial charge in [-0.3, -0.25) is 4.68 Å². The second-order valence-corrected chi connectivity index (χ2v) is 5.36. The number of hydrogen-bond donors (Lipinski definition) is 1. The largest absolute Gasteiger partial charge is 0.322 e. The molecule has 0 saturated heterocycles. The normalized spacial score (nSPS) is 12.7. The predicted octanol–water partition coefficient (Wildman–Crippen LogP) is 3.56. The van der Waals surface area contributed by atoms with Gasteiger partial charge in [-0.05, 0) is 25.0 Å². The number of nitrogens with zero attached hydrogens (tertiary/aromatic N) is 2. The van der Waals surface area contributed by atoms with Crippen molar-refractivity contribution < 1.29 is 0 Å². The molecule has 96 valence electrons. The Hall–Kier alpha value is -0.840. The van der Waals surface area contributed by atoms with E-state index in [1.807, 2.05) is 29.8 Å². The lowest BCUT2D eigenvalue weighted by Crippen LogP contribution is -2.18. The van der Waals surface area contributed by atoms with Gasteiger partial charge < -0.3 is 5.73 Å². The molecule has 0 aliphatic rings. The van der Waals surface area contributed by atoms with Gasteiger partial charge in [-0.2, -0.15) is 5.10 Å². The molecule has 0 aliphatic heterocycles. The summed E-state index contributed by atoms with van der Waals surface area (Å²) < 4.78 is 2.92. The van der Waals surface area contributed by atoms with Crippen molar-refractivity contribution >= 4 is 27.5 Å². The highest BCUT2D eigenvalue weighted by molar-refractivity contribution is 9.10. The standard InChI is InChI=1S/C13H15BrClN3/c1-2-18-13(11(15)8-17-18)12(16)7-9-5-3-4-6-10(9)14/h3-6,8,12H,2,7,16H2,1H3. The number of hydrogen-bond acceptors (Lipinski definition) is 2. The highest BCUT2D eigenvalue weighted by atomic mass is 79.9. The van der Waals surface area contributed by atoms with Gasteiger partial charge in [-0.15, -0.1) is 0 Å². The molecule has 5 heteroatoms. The Morgan fingerprint density at radius 1 is 1.44 bits per heavy atom.